The van der Waals surface area contributed by atoms with E-state index in [1.807, 2.05) is 6.92 Å². The van der Waals surface area contributed by atoms with Gasteiger partial charge in [0.2, 0.25) is 5.91 Å². The number of aromatic nitrogens is 1. The summed E-state index contributed by atoms with van der Waals surface area (Å²) >= 11 is 0. The fourth-order valence-electron chi connectivity index (χ4n) is 3.44. The second kappa shape index (κ2) is 8.37. The normalized spacial score (nSPS) is 12.6. The van der Waals surface area contributed by atoms with Gasteiger partial charge in [-0.2, -0.15) is 0 Å². The van der Waals surface area contributed by atoms with Crippen molar-refractivity contribution in [1.82, 2.24) is 15.2 Å². The number of nitrogens with one attached hydrogen (secondary N) is 2. The molecule has 0 aliphatic rings. The monoisotopic (exact) mass is 351 g/mol. The summed E-state index contributed by atoms with van der Waals surface area (Å²) in [6.07, 6.45) is 1.48. The zero-order chi connectivity index (χ0) is 18.5. The summed E-state index contributed by atoms with van der Waals surface area (Å²) in [4.78, 5) is 11.8. The van der Waals surface area contributed by atoms with E-state index in [4.69, 9.17) is 0 Å². The zero-order valence-corrected chi connectivity index (χ0v) is 16.0. The number of amides is 1. The van der Waals surface area contributed by atoms with Crippen molar-refractivity contribution < 1.29 is 4.79 Å². The highest BCUT2D eigenvalue weighted by molar-refractivity contribution is 6.08. The molecule has 3 rings (SSSR count). The fraction of sp³-hybridized carbons (Fsp3) is 0.409. The molecule has 0 aliphatic heterocycles. The minimum Gasteiger partial charge on any atom is -0.354 e. The molecule has 2 N–H and O–H groups in total. The lowest BCUT2D eigenvalue weighted by Gasteiger charge is -2.11. The molecule has 2 aromatic carbocycles. The third kappa shape index (κ3) is 3.91. The Morgan fingerprint density at radius 2 is 1.85 bits per heavy atom. The summed E-state index contributed by atoms with van der Waals surface area (Å²) in [6, 6.07) is 15.5. The molecule has 0 aliphatic carbocycles. The van der Waals surface area contributed by atoms with Crippen LogP contribution < -0.4 is 10.6 Å². The van der Waals surface area contributed by atoms with Crippen LogP contribution in [0.25, 0.3) is 21.8 Å². The van der Waals surface area contributed by atoms with E-state index < -0.39 is 0 Å². The van der Waals surface area contributed by atoms with Crippen molar-refractivity contribution in [3.63, 3.8) is 0 Å². The lowest BCUT2D eigenvalue weighted by atomic mass is 10.1. The van der Waals surface area contributed by atoms with E-state index in [1.54, 1.807) is 0 Å². The standard InChI is InChI=1S/C22H29N3O/c1-4-16(3)24-22(26)12-13-23-15-17-10-11-21-19(14-17)18-8-6-7-9-20(18)25(21)5-2/h6-11,14,16,23H,4-5,12-13,15H2,1-3H3,(H,24,26). The van der Waals surface area contributed by atoms with Crippen LogP contribution in [0, 0.1) is 0 Å². The van der Waals surface area contributed by atoms with Gasteiger partial charge in [-0.1, -0.05) is 31.2 Å². The number of carbonyl (C=O) groups excluding carboxylic acids is 1. The Labute approximate surface area is 155 Å². The Morgan fingerprint density at radius 3 is 2.62 bits per heavy atom. The molecule has 0 saturated heterocycles. The van der Waals surface area contributed by atoms with Crippen molar-refractivity contribution in [2.45, 2.75) is 52.7 Å². The van der Waals surface area contributed by atoms with Crippen LogP contribution >= 0.6 is 0 Å². The summed E-state index contributed by atoms with van der Waals surface area (Å²) in [6.45, 7) is 8.73. The molecule has 1 amide bonds. The number of rotatable bonds is 8. The average Bonchev–Trinajstić information content (AvgIpc) is 2.98. The number of carbonyl (C=O) groups is 1. The summed E-state index contributed by atoms with van der Waals surface area (Å²) in [7, 11) is 0. The molecule has 0 saturated carbocycles. The van der Waals surface area contributed by atoms with Crippen molar-refractivity contribution >= 4 is 27.7 Å². The largest absolute Gasteiger partial charge is 0.354 e. The minimum absolute atomic E-state index is 0.119. The van der Waals surface area contributed by atoms with E-state index in [0.717, 1.165) is 19.5 Å². The summed E-state index contributed by atoms with van der Waals surface area (Å²) in [5.74, 6) is 0.119. The molecule has 1 heterocycles. The maximum Gasteiger partial charge on any atom is 0.221 e. The highest BCUT2D eigenvalue weighted by Gasteiger charge is 2.10. The second-order valence-corrected chi connectivity index (χ2v) is 6.92. The van der Waals surface area contributed by atoms with Crippen molar-refractivity contribution in [2.24, 2.45) is 0 Å². The molecule has 1 unspecified atom stereocenters. The molecule has 0 fully saturated rings. The molecule has 3 aromatic rings. The minimum atomic E-state index is 0.119. The first-order valence-corrected chi connectivity index (χ1v) is 9.64. The number of hydrogen-bond donors (Lipinski definition) is 2. The molecule has 0 spiro atoms. The predicted octanol–water partition coefficient (Wildman–Crippen LogP) is 4.21. The molecular weight excluding hydrogens is 322 g/mol. The number of benzene rings is 2. The molecular formula is C22H29N3O. The van der Waals surface area contributed by atoms with E-state index >= 15 is 0 Å². The van der Waals surface area contributed by atoms with Gasteiger partial charge in [-0.15, -0.1) is 0 Å². The van der Waals surface area contributed by atoms with Crippen LogP contribution in [0.1, 0.15) is 39.2 Å². The van der Waals surface area contributed by atoms with E-state index in [-0.39, 0.29) is 11.9 Å². The topological polar surface area (TPSA) is 46.1 Å². The first-order chi connectivity index (χ1) is 12.6. The van der Waals surface area contributed by atoms with Crippen LogP contribution in [0.3, 0.4) is 0 Å². The van der Waals surface area contributed by atoms with E-state index in [2.05, 4.69) is 71.5 Å². The number of nitrogens with zero attached hydrogens (tertiary/aromatic N) is 1. The molecule has 4 heteroatoms. The number of aryl methyl sites for hydroxylation is 1. The van der Waals surface area contributed by atoms with Crippen LogP contribution in [0.15, 0.2) is 42.5 Å². The van der Waals surface area contributed by atoms with Gasteiger partial charge in [-0.25, -0.2) is 0 Å². The van der Waals surface area contributed by atoms with E-state index in [1.165, 1.54) is 27.4 Å². The Bertz CT molecular complexity index is 897. The molecule has 138 valence electrons. The summed E-state index contributed by atoms with van der Waals surface area (Å²) in [5.41, 5.74) is 3.82. The Morgan fingerprint density at radius 1 is 1.08 bits per heavy atom. The Kier molecular flexibility index (Phi) is 5.94. The second-order valence-electron chi connectivity index (χ2n) is 6.92. The number of hydrogen-bond acceptors (Lipinski definition) is 2. The van der Waals surface area contributed by atoms with Gasteiger partial charge in [0.1, 0.15) is 0 Å². The average molecular weight is 351 g/mol. The van der Waals surface area contributed by atoms with Crippen molar-refractivity contribution in [1.29, 1.82) is 0 Å². The Hall–Kier alpha value is -2.33. The van der Waals surface area contributed by atoms with Crippen LogP contribution in [0.4, 0.5) is 0 Å². The van der Waals surface area contributed by atoms with E-state index in [9.17, 15) is 4.79 Å². The molecule has 4 nitrogen and oxygen atoms in total. The lowest BCUT2D eigenvalue weighted by Crippen LogP contribution is -2.33. The van der Waals surface area contributed by atoms with Gasteiger partial charge in [-0.3, -0.25) is 4.79 Å². The van der Waals surface area contributed by atoms with Crippen LogP contribution in [0.5, 0.6) is 0 Å². The first-order valence-electron chi connectivity index (χ1n) is 9.64. The van der Waals surface area contributed by atoms with E-state index in [0.29, 0.717) is 13.0 Å². The van der Waals surface area contributed by atoms with Crippen LogP contribution in [0.2, 0.25) is 0 Å². The maximum atomic E-state index is 11.8. The first kappa shape index (κ1) is 18.5. The molecule has 0 radical (unpaired) electrons. The van der Waals surface area contributed by atoms with Gasteiger partial charge in [0.15, 0.2) is 0 Å². The van der Waals surface area contributed by atoms with Gasteiger partial charge in [-0.05, 0) is 44.0 Å². The number of para-hydroxylation sites is 1. The summed E-state index contributed by atoms with van der Waals surface area (Å²) < 4.78 is 2.36. The quantitative estimate of drug-likeness (QED) is 0.597. The highest BCUT2D eigenvalue weighted by Crippen LogP contribution is 2.29. The van der Waals surface area contributed by atoms with Crippen LogP contribution in [-0.2, 0) is 17.9 Å². The van der Waals surface area contributed by atoms with Gasteiger partial charge in [0.05, 0.1) is 0 Å². The fourth-order valence-corrected chi connectivity index (χ4v) is 3.44. The summed E-state index contributed by atoms with van der Waals surface area (Å²) in [5, 5.41) is 9.00. The van der Waals surface area contributed by atoms with Crippen molar-refractivity contribution in [2.75, 3.05) is 6.54 Å². The van der Waals surface area contributed by atoms with Crippen molar-refractivity contribution in [3.05, 3.63) is 48.0 Å². The van der Waals surface area contributed by atoms with Gasteiger partial charge < -0.3 is 15.2 Å². The highest BCUT2D eigenvalue weighted by atomic mass is 16.1. The third-order valence-corrected chi connectivity index (χ3v) is 5.03. The maximum absolute atomic E-state index is 11.8. The predicted molar refractivity (Wildman–Crippen MR) is 109 cm³/mol. The van der Waals surface area contributed by atoms with Gasteiger partial charge >= 0.3 is 0 Å². The van der Waals surface area contributed by atoms with Crippen molar-refractivity contribution in [3.8, 4) is 0 Å². The van der Waals surface area contributed by atoms with Gasteiger partial charge in [0.25, 0.3) is 0 Å². The zero-order valence-electron chi connectivity index (χ0n) is 16.0. The SMILES string of the molecule is CCC(C)NC(=O)CCNCc1ccc2c(c1)c1ccccc1n2CC. The Balaban J connectivity index is 1.66. The third-order valence-electron chi connectivity index (χ3n) is 5.03. The van der Waals surface area contributed by atoms with Gasteiger partial charge in [0, 0.05) is 53.9 Å². The molecule has 0 bridgehead atoms. The molecule has 1 atom stereocenters. The van der Waals surface area contributed by atoms with Crippen LogP contribution in [-0.4, -0.2) is 23.1 Å². The molecule has 26 heavy (non-hydrogen) atoms. The number of fused-ring (bicyclic) bond motifs is 3. The molecule has 1 aromatic heterocycles. The lowest BCUT2D eigenvalue weighted by molar-refractivity contribution is -0.121. The smallest absolute Gasteiger partial charge is 0.221 e.